The minimum Gasteiger partial charge on any atom is -0.391 e. The zero-order valence-electron chi connectivity index (χ0n) is 5.90. The highest BCUT2D eigenvalue weighted by atomic mass is 16.6. The van der Waals surface area contributed by atoms with Gasteiger partial charge in [-0.25, -0.2) is 4.79 Å². The van der Waals surface area contributed by atoms with Crippen LogP contribution in [0, 0.1) is 5.92 Å². The average molecular weight is 154 g/mol. The van der Waals surface area contributed by atoms with Crippen molar-refractivity contribution in [3.05, 3.63) is 0 Å². The number of azo groups is 1. The third-order valence-electron chi connectivity index (χ3n) is 2.11. The predicted octanol–water partition coefficient (Wildman–Crippen LogP) is -0.0895. The molecule has 0 bridgehead atoms. The van der Waals surface area contributed by atoms with Gasteiger partial charge in [0.2, 0.25) is 0 Å². The molecular weight excluding hydrogens is 148 g/mol. The summed E-state index contributed by atoms with van der Waals surface area (Å²) in [5.74, 6) is -1.55. The average Bonchev–Trinajstić information content (AvgIpc) is 2.39. The summed E-state index contributed by atoms with van der Waals surface area (Å²) in [6, 6.07) is 0. The lowest BCUT2D eigenvalue weighted by atomic mass is 9.90. The molecule has 2 aliphatic heterocycles. The van der Waals surface area contributed by atoms with Gasteiger partial charge < -0.3 is 4.74 Å². The van der Waals surface area contributed by atoms with Gasteiger partial charge in [0.1, 0.15) is 5.92 Å². The second kappa shape index (κ2) is 1.66. The number of cyclic esters (lactones) is 2. The molecule has 2 rings (SSSR count). The van der Waals surface area contributed by atoms with E-state index in [9.17, 15) is 9.59 Å². The largest absolute Gasteiger partial charge is 0.391 e. The van der Waals surface area contributed by atoms with Crippen LogP contribution in [0.15, 0.2) is 10.2 Å². The SMILES string of the molecule is C[C@]12N=NC[C@@H]1C(=O)OC2=O. The van der Waals surface area contributed by atoms with Gasteiger partial charge >= 0.3 is 11.9 Å². The van der Waals surface area contributed by atoms with E-state index >= 15 is 0 Å². The number of rotatable bonds is 0. The number of carbonyl (C=O) groups is 2. The van der Waals surface area contributed by atoms with Gasteiger partial charge in [-0.05, 0) is 6.92 Å². The number of esters is 2. The van der Waals surface area contributed by atoms with E-state index in [2.05, 4.69) is 15.0 Å². The van der Waals surface area contributed by atoms with Gasteiger partial charge in [0.05, 0.1) is 6.54 Å². The van der Waals surface area contributed by atoms with Gasteiger partial charge in [-0.15, -0.1) is 0 Å². The molecule has 0 unspecified atom stereocenters. The number of carbonyl (C=O) groups excluding carboxylic acids is 2. The molecule has 0 N–H and O–H groups in total. The minimum atomic E-state index is -1.02. The first-order chi connectivity index (χ1) is 5.14. The topological polar surface area (TPSA) is 68.1 Å². The van der Waals surface area contributed by atoms with E-state index in [-0.39, 0.29) is 6.54 Å². The molecule has 0 radical (unpaired) electrons. The lowest BCUT2D eigenvalue weighted by molar-refractivity contribution is -0.154. The minimum absolute atomic E-state index is 0.279. The molecular formula is C6H6N2O3. The van der Waals surface area contributed by atoms with Crippen molar-refractivity contribution in [3.63, 3.8) is 0 Å². The monoisotopic (exact) mass is 154 g/mol. The summed E-state index contributed by atoms with van der Waals surface area (Å²) in [6.45, 7) is 1.85. The van der Waals surface area contributed by atoms with E-state index in [0.29, 0.717) is 0 Å². The normalized spacial score (nSPS) is 41.0. The molecule has 2 aliphatic rings. The molecule has 11 heavy (non-hydrogen) atoms. The first-order valence-electron chi connectivity index (χ1n) is 3.29. The highest BCUT2D eigenvalue weighted by Gasteiger charge is 2.57. The Kier molecular flexibility index (Phi) is 0.976. The fourth-order valence-electron chi connectivity index (χ4n) is 1.27. The molecule has 5 heteroatoms. The summed E-state index contributed by atoms with van der Waals surface area (Å²) in [5, 5.41) is 7.33. The van der Waals surface area contributed by atoms with Crippen LogP contribution in [0.5, 0.6) is 0 Å². The number of hydrogen-bond acceptors (Lipinski definition) is 5. The van der Waals surface area contributed by atoms with Gasteiger partial charge in [-0.2, -0.15) is 10.2 Å². The first kappa shape index (κ1) is 6.45. The molecule has 0 aliphatic carbocycles. The Bertz CT molecular complexity index is 273. The van der Waals surface area contributed by atoms with E-state index in [1.165, 1.54) is 0 Å². The van der Waals surface area contributed by atoms with Crippen LogP contribution in [0.25, 0.3) is 0 Å². The lowest BCUT2D eigenvalue weighted by Crippen LogP contribution is -2.33. The lowest BCUT2D eigenvalue weighted by Gasteiger charge is -2.08. The Morgan fingerprint density at radius 1 is 1.64 bits per heavy atom. The van der Waals surface area contributed by atoms with Crippen molar-refractivity contribution in [2.24, 2.45) is 16.1 Å². The second-order valence-electron chi connectivity index (χ2n) is 2.83. The van der Waals surface area contributed by atoms with E-state index in [1.807, 2.05) is 0 Å². The van der Waals surface area contributed by atoms with Crippen LogP contribution in [0.4, 0.5) is 0 Å². The molecule has 0 amide bonds. The molecule has 2 atom stereocenters. The molecule has 0 aromatic heterocycles. The van der Waals surface area contributed by atoms with Crippen LogP contribution in [0.1, 0.15) is 6.92 Å². The molecule has 0 saturated carbocycles. The summed E-state index contributed by atoms with van der Waals surface area (Å²) in [7, 11) is 0. The van der Waals surface area contributed by atoms with Crippen molar-refractivity contribution >= 4 is 11.9 Å². The standard InChI is InChI=1S/C6H6N2O3/c1-6-3(2-7-8-6)4(9)11-5(6)10/h3H,2H2,1H3/t3-,6+/m1/s1. The van der Waals surface area contributed by atoms with Crippen molar-refractivity contribution in [2.45, 2.75) is 12.5 Å². The highest BCUT2D eigenvalue weighted by molar-refractivity contribution is 6.02. The Labute approximate surface area is 62.4 Å². The summed E-state index contributed by atoms with van der Waals surface area (Å²) in [5.41, 5.74) is -1.02. The fraction of sp³-hybridized carbons (Fsp3) is 0.667. The quantitative estimate of drug-likeness (QED) is 0.361. The van der Waals surface area contributed by atoms with Crippen LogP contribution in [-0.2, 0) is 14.3 Å². The van der Waals surface area contributed by atoms with Gasteiger partial charge in [0.25, 0.3) is 0 Å². The summed E-state index contributed by atoms with van der Waals surface area (Å²) < 4.78 is 4.40. The Morgan fingerprint density at radius 3 is 3.00 bits per heavy atom. The van der Waals surface area contributed by atoms with Crippen molar-refractivity contribution < 1.29 is 14.3 Å². The Hall–Kier alpha value is -1.26. The fourth-order valence-corrected chi connectivity index (χ4v) is 1.27. The van der Waals surface area contributed by atoms with Crippen LogP contribution in [0.3, 0.4) is 0 Å². The number of nitrogens with zero attached hydrogens (tertiary/aromatic N) is 2. The Morgan fingerprint density at radius 2 is 2.36 bits per heavy atom. The van der Waals surface area contributed by atoms with Crippen LogP contribution in [0.2, 0.25) is 0 Å². The molecule has 2 heterocycles. The number of fused-ring (bicyclic) bond motifs is 1. The van der Waals surface area contributed by atoms with E-state index in [1.54, 1.807) is 6.92 Å². The summed E-state index contributed by atoms with van der Waals surface area (Å²) in [4.78, 5) is 21.9. The molecule has 5 nitrogen and oxygen atoms in total. The zero-order valence-corrected chi connectivity index (χ0v) is 5.90. The van der Waals surface area contributed by atoms with Gasteiger partial charge in [0.15, 0.2) is 5.54 Å². The van der Waals surface area contributed by atoms with E-state index in [0.717, 1.165) is 0 Å². The van der Waals surface area contributed by atoms with Crippen molar-refractivity contribution in [1.29, 1.82) is 0 Å². The molecule has 0 aromatic rings. The molecule has 1 fully saturated rings. The van der Waals surface area contributed by atoms with Gasteiger partial charge in [0, 0.05) is 0 Å². The predicted molar refractivity (Wildman–Crippen MR) is 32.7 cm³/mol. The third-order valence-corrected chi connectivity index (χ3v) is 2.11. The summed E-state index contributed by atoms with van der Waals surface area (Å²) in [6.07, 6.45) is 0. The number of hydrogen-bond donors (Lipinski definition) is 0. The Balaban J connectivity index is 2.46. The van der Waals surface area contributed by atoms with Gasteiger partial charge in [-0.3, -0.25) is 4.79 Å². The second-order valence-corrected chi connectivity index (χ2v) is 2.83. The van der Waals surface area contributed by atoms with E-state index < -0.39 is 23.4 Å². The van der Waals surface area contributed by atoms with Crippen LogP contribution < -0.4 is 0 Å². The van der Waals surface area contributed by atoms with Gasteiger partial charge in [-0.1, -0.05) is 0 Å². The van der Waals surface area contributed by atoms with Crippen molar-refractivity contribution in [3.8, 4) is 0 Å². The van der Waals surface area contributed by atoms with Crippen LogP contribution >= 0.6 is 0 Å². The highest BCUT2D eigenvalue weighted by Crippen LogP contribution is 2.36. The van der Waals surface area contributed by atoms with Crippen molar-refractivity contribution in [2.75, 3.05) is 6.54 Å². The number of ether oxygens (including phenoxy) is 1. The maximum atomic E-state index is 11.0. The maximum absolute atomic E-state index is 11.0. The smallest absolute Gasteiger partial charge is 0.344 e. The summed E-state index contributed by atoms with van der Waals surface area (Å²) >= 11 is 0. The third kappa shape index (κ3) is 0.599. The zero-order chi connectivity index (χ0) is 8.06. The first-order valence-corrected chi connectivity index (χ1v) is 3.29. The van der Waals surface area contributed by atoms with Crippen molar-refractivity contribution in [1.82, 2.24) is 0 Å². The molecule has 58 valence electrons. The molecule has 1 saturated heterocycles. The van der Waals surface area contributed by atoms with Crippen LogP contribution in [-0.4, -0.2) is 24.0 Å². The molecule has 0 aromatic carbocycles. The molecule has 0 spiro atoms. The van der Waals surface area contributed by atoms with E-state index in [4.69, 9.17) is 0 Å². The maximum Gasteiger partial charge on any atom is 0.344 e.